The molecule has 0 saturated carbocycles. The SMILES string of the molecule is [CH2]Cc1c(CC(C)C)cccc1CC(C)C. The van der Waals surface area contributed by atoms with Crippen molar-refractivity contribution >= 4 is 0 Å². The molecule has 89 valence electrons. The van der Waals surface area contributed by atoms with Gasteiger partial charge in [-0.05, 0) is 54.7 Å². The molecule has 0 heteroatoms. The summed E-state index contributed by atoms with van der Waals surface area (Å²) in [4.78, 5) is 0. The van der Waals surface area contributed by atoms with Gasteiger partial charge in [-0.3, -0.25) is 0 Å². The molecular formula is C16H25. The van der Waals surface area contributed by atoms with Crippen molar-refractivity contribution in [2.24, 2.45) is 11.8 Å². The molecule has 1 radical (unpaired) electrons. The van der Waals surface area contributed by atoms with E-state index in [4.69, 9.17) is 0 Å². The van der Waals surface area contributed by atoms with E-state index in [1.165, 1.54) is 29.5 Å². The zero-order chi connectivity index (χ0) is 12.1. The van der Waals surface area contributed by atoms with E-state index in [9.17, 15) is 0 Å². The lowest BCUT2D eigenvalue weighted by molar-refractivity contribution is 0.629. The van der Waals surface area contributed by atoms with E-state index >= 15 is 0 Å². The molecule has 0 spiro atoms. The first kappa shape index (κ1) is 13.3. The summed E-state index contributed by atoms with van der Waals surface area (Å²) in [6, 6.07) is 6.74. The van der Waals surface area contributed by atoms with Gasteiger partial charge < -0.3 is 0 Å². The summed E-state index contributed by atoms with van der Waals surface area (Å²) >= 11 is 0. The van der Waals surface area contributed by atoms with Crippen LogP contribution < -0.4 is 0 Å². The molecule has 0 unspecified atom stereocenters. The van der Waals surface area contributed by atoms with E-state index in [1.807, 2.05) is 0 Å². The van der Waals surface area contributed by atoms with E-state index in [1.54, 1.807) is 0 Å². The van der Waals surface area contributed by atoms with E-state index in [0.717, 1.165) is 18.3 Å². The van der Waals surface area contributed by atoms with Gasteiger partial charge in [0.05, 0.1) is 0 Å². The molecule has 1 aromatic rings. The van der Waals surface area contributed by atoms with Gasteiger partial charge in [-0.25, -0.2) is 0 Å². The van der Waals surface area contributed by atoms with E-state index in [-0.39, 0.29) is 0 Å². The van der Waals surface area contributed by atoms with Crippen LogP contribution in [0.4, 0.5) is 0 Å². The Kier molecular flexibility index (Phi) is 5.05. The highest BCUT2D eigenvalue weighted by molar-refractivity contribution is 5.36. The summed E-state index contributed by atoms with van der Waals surface area (Å²) in [7, 11) is 0. The van der Waals surface area contributed by atoms with Gasteiger partial charge in [-0.15, -0.1) is 0 Å². The zero-order valence-electron chi connectivity index (χ0n) is 11.2. The molecule has 0 aliphatic heterocycles. The average Bonchev–Trinajstić information content (AvgIpc) is 2.16. The molecule has 0 aliphatic carbocycles. The minimum atomic E-state index is 0.722. The molecule has 0 nitrogen and oxygen atoms in total. The Morgan fingerprint density at radius 1 is 0.938 bits per heavy atom. The van der Waals surface area contributed by atoms with Gasteiger partial charge in [-0.1, -0.05) is 45.9 Å². The molecule has 1 rings (SSSR count). The van der Waals surface area contributed by atoms with Crippen LogP contribution in [0.2, 0.25) is 0 Å². The summed E-state index contributed by atoms with van der Waals surface area (Å²) in [5.41, 5.74) is 4.50. The van der Waals surface area contributed by atoms with Crippen molar-refractivity contribution in [2.75, 3.05) is 0 Å². The molecule has 1 aromatic carbocycles. The van der Waals surface area contributed by atoms with Crippen molar-refractivity contribution in [1.82, 2.24) is 0 Å². The van der Waals surface area contributed by atoms with Gasteiger partial charge >= 0.3 is 0 Å². The van der Waals surface area contributed by atoms with Crippen molar-refractivity contribution in [1.29, 1.82) is 0 Å². The summed E-state index contributed by atoms with van der Waals surface area (Å²) in [6.07, 6.45) is 3.28. The van der Waals surface area contributed by atoms with Crippen LogP contribution in [0.5, 0.6) is 0 Å². The minimum Gasteiger partial charge on any atom is -0.0625 e. The summed E-state index contributed by atoms with van der Waals surface area (Å²) < 4.78 is 0. The largest absolute Gasteiger partial charge is 0.0625 e. The third-order valence-electron chi connectivity index (χ3n) is 2.88. The number of hydrogen-bond acceptors (Lipinski definition) is 0. The first-order valence-electron chi connectivity index (χ1n) is 6.43. The normalized spacial score (nSPS) is 11.4. The average molecular weight is 217 g/mol. The van der Waals surface area contributed by atoms with Gasteiger partial charge in [0.15, 0.2) is 0 Å². The highest BCUT2D eigenvalue weighted by Crippen LogP contribution is 2.21. The molecule has 16 heavy (non-hydrogen) atoms. The molecule has 0 saturated heterocycles. The van der Waals surface area contributed by atoms with Gasteiger partial charge in [0.25, 0.3) is 0 Å². The monoisotopic (exact) mass is 217 g/mol. The predicted molar refractivity (Wildman–Crippen MR) is 72.6 cm³/mol. The summed E-state index contributed by atoms with van der Waals surface area (Å²) in [6.45, 7) is 13.2. The molecule has 0 amide bonds. The Labute approximate surface area is 101 Å². The zero-order valence-corrected chi connectivity index (χ0v) is 11.2. The maximum Gasteiger partial charge on any atom is -0.0253 e. The minimum absolute atomic E-state index is 0.722. The van der Waals surface area contributed by atoms with Gasteiger partial charge in [0, 0.05) is 0 Å². The lowest BCUT2D eigenvalue weighted by Gasteiger charge is -2.16. The maximum atomic E-state index is 4.09. The third kappa shape index (κ3) is 3.66. The molecule has 0 heterocycles. The highest BCUT2D eigenvalue weighted by Gasteiger charge is 2.09. The first-order valence-corrected chi connectivity index (χ1v) is 6.43. The molecule has 0 aromatic heterocycles. The second-order valence-electron chi connectivity index (χ2n) is 5.50. The number of benzene rings is 1. The lowest BCUT2D eigenvalue weighted by Crippen LogP contribution is -2.05. The molecular weight excluding hydrogens is 192 g/mol. The fourth-order valence-electron chi connectivity index (χ4n) is 2.27. The van der Waals surface area contributed by atoms with Crippen LogP contribution in [0.3, 0.4) is 0 Å². The molecule has 0 bridgehead atoms. The van der Waals surface area contributed by atoms with Crippen LogP contribution >= 0.6 is 0 Å². The Morgan fingerprint density at radius 3 is 1.69 bits per heavy atom. The van der Waals surface area contributed by atoms with Crippen LogP contribution in [0.25, 0.3) is 0 Å². The number of hydrogen-bond donors (Lipinski definition) is 0. The smallest absolute Gasteiger partial charge is 0.0253 e. The van der Waals surface area contributed by atoms with Crippen molar-refractivity contribution in [3.05, 3.63) is 41.8 Å². The fraction of sp³-hybridized carbons (Fsp3) is 0.562. The lowest BCUT2D eigenvalue weighted by atomic mass is 9.89. The maximum absolute atomic E-state index is 4.09. The first-order chi connectivity index (χ1) is 7.54. The summed E-state index contributed by atoms with van der Waals surface area (Å²) in [5, 5.41) is 0. The Morgan fingerprint density at radius 2 is 1.38 bits per heavy atom. The summed E-state index contributed by atoms with van der Waals surface area (Å²) in [5.74, 6) is 1.44. The Hall–Kier alpha value is -0.780. The predicted octanol–water partition coefficient (Wildman–Crippen LogP) is 4.46. The molecule has 0 atom stereocenters. The third-order valence-corrected chi connectivity index (χ3v) is 2.88. The van der Waals surface area contributed by atoms with Crippen LogP contribution in [0.15, 0.2) is 18.2 Å². The molecule has 0 aliphatic rings. The van der Waals surface area contributed by atoms with Gasteiger partial charge in [0.1, 0.15) is 0 Å². The van der Waals surface area contributed by atoms with Crippen LogP contribution in [0.1, 0.15) is 44.4 Å². The van der Waals surface area contributed by atoms with Crippen molar-refractivity contribution in [3.63, 3.8) is 0 Å². The van der Waals surface area contributed by atoms with E-state index < -0.39 is 0 Å². The van der Waals surface area contributed by atoms with Crippen LogP contribution in [0, 0.1) is 18.8 Å². The van der Waals surface area contributed by atoms with Gasteiger partial charge in [0.2, 0.25) is 0 Å². The standard InChI is InChI=1S/C16H25/c1-6-16-14(10-12(2)3)8-7-9-15(16)11-13(4)5/h7-9,12-13H,1,6,10-11H2,2-5H3. The second kappa shape index (κ2) is 6.08. The second-order valence-corrected chi connectivity index (χ2v) is 5.50. The topological polar surface area (TPSA) is 0 Å². The highest BCUT2D eigenvalue weighted by atomic mass is 14.1. The van der Waals surface area contributed by atoms with Crippen molar-refractivity contribution < 1.29 is 0 Å². The quantitative estimate of drug-likeness (QED) is 0.683. The Bertz CT molecular complexity index is 293. The molecule has 0 fully saturated rings. The Balaban J connectivity index is 3.00. The van der Waals surface area contributed by atoms with Gasteiger partial charge in [-0.2, -0.15) is 0 Å². The van der Waals surface area contributed by atoms with E-state index in [0.29, 0.717) is 0 Å². The van der Waals surface area contributed by atoms with Crippen molar-refractivity contribution in [3.8, 4) is 0 Å². The fourth-order valence-corrected chi connectivity index (χ4v) is 2.27. The van der Waals surface area contributed by atoms with Crippen LogP contribution in [-0.4, -0.2) is 0 Å². The molecule has 0 N–H and O–H groups in total. The van der Waals surface area contributed by atoms with Crippen LogP contribution in [-0.2, 0) is 19.3 Å². The van der Waals surface area contributed by atoms with E-state index in [2.05, 4.69) is 52.8 Å². The number of rotatable bonds is 5. The van der Waals surface area contributed by atoms with Crippen molar-refractivity contribution in [2.45, 2.75) is 47.0 Å².